The van der Waals surface area contributed by atoms with Gasteiger partial charge in [0.1, 0.15) is 12.4 Å². The summed E-state index contributed by atoms with van der Waals surface area (Å²) >= 11 is 0. The standard InChI is InChI=1S/C19H35NO3Si/c1-24(2,3)13-7-5-4-6-8-17-9-11-18(12-10-17)23-16-19(20,14-21)15-22/h9-12,21-22H,4-8,13-16,20H2,1-3H3. The van der Waals surface area contributed by atoms with Crippen LogP contribution in [-0.4, -0.2) is 43.6 Å². The summed E-state index contributed by atoms with van der Waals surface area (Å²) in [5, 5.41) is 18.3. The Morgan fingerprint density at radius 2 is 1.54 bits per heavy atom. The maximum atomic E-state index is 9.15. The van der Waals surface area contributed by atoms with E-state index in [4.69, 9.17) is 20.7 Å². The Hall–Kier alpha value is -0.883. The lowest BCUT2D eigenvalue weighted by atomic mass is 10.1. The van der Waals surface area contributed by atoms with E-state index in [1.54, 1.807) is 0 Å². The van der Waals surface area contributed by atoms with Gasteiger partial charge in [0.25, 0.3) is 0 Å². The normalized spacial score (nSPS) is 12.4. The van der Waals surface area contributed by atoms with Crippen LogP contribution in [0.25, 0.3) is 0 Å². The number of benzene rings is 1. The fourth-order valence-corrected chi connectivity index (χ4v) is 3.77. The third-order valence-corrected chi connectivity index (χ3v) is 6.08. The van der Waals surface area contributed by atoms with Crippen molar-refractivity contribution in [1.29, 1.82) is 0 Å². The van der Waals surface area contributed by atoms with Crippen molar-refractivity contribution in [3.05, 3.63) is 29.8 Å². The van der Waals surface area contributed by atoms with Crippen LogP contribution < -0.4 is 10.5 Å². The fraction of sp³-hybridized carbons (Fsp3) is 0.684. The van der Waals surface area contributed by atoms with Gasteiger partial charge in [0, 0.05) is 8.07 Å². The summed E-state index contributed by atoms with van der Waals surface area (Å²) in [7, 11) is -0.869. The molecule has 1 aromatic rings. The summed E-state index contributed by atoms with van der Waals surface area (Å²) in [4.78, 5) is 0. The van der Waals surface area contributed by atoms with Crippen LogP contribution in [0.2, 0.25) is 25.7 Å². The first-order valence-corrected chi connectivity index (χ1v) is 12.7. The molecule has 0 aliphatic heterocycles. The van der Waals surface area contributed by atoms with E-state index in [1.807, 2.05) is 12.1 Å². The molecule has 0 aliphatic rings. The minimum atomic E-state index is -1.09. The average molecular weight is 354 g/mol. The van der Waals surface area contributed by atoms with Gasteiger partial charge in [-0.3, -0.25) is 0 Å². The highest BCUT2D eigenvalue weighted by molar-refractivity contribution is 6.76. The van der Waals surface area contributed by atoms with Gasteiger partial charge in [-0.05, 0) is 30.5 Å². The number of unbranched alkanes of at least 4 members (excludes halogenated alkanes) is 3. The number of aliphatic hydroxyl groups excluding tert-OH is 2. The van der Waals surface area contributed by atoms with E-state index in [9.17, 15) is 0 Å². The molecule has 24 heavy (non-hydrogen) atoms. The number of hydrogen-bond donors (Lipinski definition) is 3. The fourth-order valence-electron chi connectivity index (χ4n) is 2.46. The van der Waals surface area contributed by atoms with Crippen molar-refractivity contribution < 1.29 is 14.9 Å². The Morgan fingerprint density at radius 3 is 2.08 bits per heavy atom. The predicted octanol–water partition coefficient (Wildman–Crippen LogP) is 3.19. The lowest BCUT2D eigenvalue weighted by molar-refractivity contribution is 0.0785. The second-order valence-electron chi connectivity index (χ2n) is 8.09. The number of nitrogens with two attached hydrogens (primary N) is 1. The van der Waals surface area contributed by atoms with Crippen LogP contribution in [0.5, 0.6) is 5.75 Å². The summed E-state index contributed by atoms with van der Waals surface area (Å²) in [5.74, 6) is 0.714. The van der Waals surface area contributed by atoms with E-state index in [0.717, 1.165) is 6.42 Å². The van der Waals surface area contributed by atoms with Crippen LogP contribution in [0.3, 0.4) is 0 Å². The average Bonchev–Trinajstić information content (AvgIpc) is 2.56. The van der Waals surface area contributed by atoms with Gasteiger partial charge in [-0.15, -0.1) is 0 Å². The molecule has 0 heterocycles. The highest BCUT2D eigenvalue weighted by Crippen LogP contribution is 2.17. The SMILES string of the molecule is C[Si](C)(C)CCCCCCc1ccc(OCC(N)(CO)CO)cc1. The third kappa shape index (κ3) is 8.83. The Kier molecular flexibility index (Phi) is 8.98. The van der Waals surface area contributed by atoms with Crippen molar-refractivity contribution in [3.63, 3.8) is 0 Å². The number of rotatable bonds is 12. The summed E-state index contributed by atoms with van der Waals surface area (Å²) in [6, 6.07) is 9.44. The van der Waals surface area contributed by atoms with Gasteiger partial charge in [-0.1, -0.05) is 57.1 Å². The molecule has 0 aliphatic carbocycles. The zero-order chi connectivity index (χ0) is 18.1. The van der Waals surface area contributed by atoms with Crippen LogP contribution in [-0.2, 0) is 6.42 Å². The Bertz CT molecular complexity index is 453. The Morgan fingerprint density at radius 1 is 0.958 bits per heavy atom. The van der Waals surface area contributed by atoms with E-state index in [0.29, 0.717) is 5.75 Å². The zero-order valence-corrected chi connectivity index (χ0v) is 16.6. The number of hydrogen-bond acceptors (Lipinski definition) is 4. The summed E-state index contributed by atoms with van der Waals surface area (Å²) in [6.45, 7) is 6.79. The highest BCUT2D eigenvalue weighted by Gasteiger charge is 2.24. The number of ether oxygens (including phenoxy) is 1. The summed E-state index contributed by atoms with van der Waals surface area (Å²) in [5.41, 5.74) is 6.01. The highest BCUT2D eigenvalue weighted by atomic mass is 28.3. The van der Waals surface area contributed by atoms with Gasteiger partial charge >= 0.3 is 0 Å². The molecule has 138 valence electrons. The van der Waals surface area contributed by atoms with Gasteiger partial charge < -0.3 is 20.7 Å². The molecule has 0 bridgehead atoms. The molecule has 0 radical (unpaired) electrons. The van der Waals surface area contributed by atoms with E-state index in [1.165, 1.54) is 37.3 Å². The van der Waals surface area contributed by atoms with Crippen LogP contribution in [0.15, 0.2) is 24.3 Å². The predicted molar refractivity (Wildman–Crippen MR) is 103 cm³/mol. The second-order valence-corrected chi connectivity index (χ2v) is 13.7. The van der Waals surface area contributed by atoms with Crippen molar-refractivity contribution in [2.45, 2.75) is 63.3 Å². The van der Waals surface area contributed by atoms with Gasteiger partial charge in [0.2, 0.25) is 0 Å². The molecule has 0 fully saturated rings. The van der Waals surface area contributed by atoms with Crippen molar-refractivity contribution in [2.24, 2.45) is 5.73 Å². The van der Waals surface area contributed by atoms with Gasteiger partial charge in [0.15, 0.2) is 0 Å². The molecule has 0 amide bonds. The summed E-state index contributed by atoms with van der Waals surface area (Å²) in [6.07, 6.45) is 6.34. The smallest absolute Gasteiger partial charge is 0.119 e. The maximum absolute atomic E-state index is 9.15. The quantitative estimate of drug-likeness (QED) is 0.398. The number of aryl methyl sites for hydroxylation is 1. The van der Waals surface area contributed by atoms with Crippen LogP contribution in [0.4, 0.5) is 0 Å². The molecule has 0 atom stereocenters. The molecule has 1 aromatic carbocycles. The van der Waals surface area contributed by atoms with E-state index >= 15 is 0 Å². The van der Waals surface area contributed by atoms with Gasteiger partial charge in [-0.2, -0.15) is 0 Å². The minimum Gasteiger partial charge on any atom is -0.491 e. The van der Waals surface area contributed by atoms with E-state index < -0.39 is 13.6 Å². The molecule has 4 nitrogen and oxygen atoms in total. The third-order valence-electron chi connectivity index (χ3n) is 4.22. The summed E-state index contributed by atoms with van der Waals surface area (Å²) < 4.78 is 5.56. The van der Waals surface area contributed by atoms with Crippen molar-refractivity contribution in [1.82, 2.24) is 0 Å². The van der Waals surface area contributed by atoms with Crippen molar-refractivity contribution >= 4 is 8.07 Å². The molecular weight excluding hydrogens is 318 g/mol. The Labute approximate surface area is 148 Å². The molecule has 0 saturated heterocycles. The van der Waals surface area contributed by atoms with E-state index in [2.05, 4.69) is 31.8 Å². The van der Waals surface area contributed by atoms with Crippen LogP contribution >= 0.6 is 0 Å². The molecular formula is C19H35NO3Si. The second kappa shape index (κ2) is 10.2. The molecule has 0 aromatic heterocycles. The van der Waals surface area contributed by atoms with Gasteiger partial charge in [-0.25, -0.2) is 0 Å². The van der Waals surface area contributed by atoms with Crippen molar-refractivity contribution in [3.8, 4) is 5.75 Å². The lowest BCUT2D eigenvalue weighted by Gasteiger charge is -2.24. The Balaban J connectivity index is 2.25. The topological polar surface area (TPSA) is 75.7 Å². The minimum absolute atomic E-state index is 0.0937. The van der Waals surface area contributed by atoms with E-state index in [-0.39, 0.29) is 19.8 Å². The maximum Gasteiger partial charge on any atom is 0.119 e. The molecule has 0 spiro atoms. The van der Waals surface area contributed by atoms with Crippen LogP contribution in [0, 0.1) is 0 Å². The molecule has 1 rings (SSSR count). The van der Waals surface area contributed by atoms with Crippen molar-refractivity contribution in [2.75, 3.05) is 19.8 Å². The molecule has 4 N–H and O–H groups in total. The lowest BCUT2D eigenvalue weighted by Crippen LogP contribution is -2.52. The first kappa shape index (κ1) is 21.2. The molecule has 0 saturated carbocycles. The first-order chi connectivity index (χ1) is 11.3. The molecule has 5 heteroatoms. The first-order valence-electron chi connectivity index (χ1n) is 9.00. The van der Waals surface area contributed by atoms with Crippen LogP contribution in [0.1, 0.15) is 31.2 Å². The molecule has 0 unspecified atom stereocenters. The van der Waals surface area contributed by atoms with Gasteiger partial charge in [0.05, 0.1) is 18.8 Å². The largest absolute Gasteiger partial charge is 0.491 e. The zero-order valence-electron chi connectivity index (χ0n) is 15.6. The number of aliphatic hydroxyl groups is 2. The monoisotopic (exact) mass is 353 g/mol.